The van der Waals surface area contributed by atoms with Crippen LogP contribution < -0.4 is 9.64 Å². The fraction of sp³-hybridized carbons (Fsp3) is 0.360. The molecule has 33 heavy (non-hydrogen) atoms. The minimum atomic E-state index is -0.390. The maximum absolute atomic E-state index is 14.7. The van der Waals surface area contributed by atoms with Gasteiger partial charge in [-0.3, -0.25) is 4.79 Å². The van der Waals surface area contributed by atoms with Gasteiger partial charge >= 0.3 is 0 Å². The van der Waals surface area contributed by atoms with Gasteiger partial charge in [-0.2, -0.15) is 0 Å². The van der Waals surface area contributed by atoms with Gasteiger partial charge in [-0.15, -0.1) is 0 Å². The van der Waals surface area contributed by atoms with Crippen LogP contribution in [0.5, 0.6) is 5.75 Å². The third-order valence-corrected chi connectivity index (χ3v) is 5.66. The van der Waals surface area contributed by atoms with Crippen molar-refractivity contribution in [2.24, 2.45) is 0 Å². The predicted molar refractivity (Wildman–Crippen MR) is 123 cm³/mol. The molecule has 3 aromatic rings. The molecule has 0 saturated carbocycles. The van der Waals surface area contributed by atoms with E-state index in [2.05, 4.69) is 5.16 Å². The minimum Gasteiger partial charge on any atom is -0.496 e. The highest BCUT2D eigenvalue weighted by atomic mass is 19.1. The number of ether oxygens (including phenoxy) is 2. The van der Waals surface area contributed by atoms with Gasteiger partial charge in [0.05, 0.1) is 38.0 Å². The number of carbonyl (C=O) groups excluding carboxylic acids is 1. The first-order chi connectivity index (χ1) is 16.1. The molecule has 0 bridgehead atoms. The lowest BCUT2D eigenvalue weighted by Gasteiger charge is -2.28. The van der Waals surface area contributed by atoms with Gasteiger partial charge in [0.1, 0.15) is 17.3 Å². The van der Waals surface area contributed by atoms with Gasteiger partial charge in [-0.25, -0.2) is 4.39 Å². The van der Waals surface area contributed by atoms with E-state index in [9.17, 15) is 9.18 Å². The Bertz CT molecular complexity index is 1090. The van der Waals surface area contributed by atoms with E-state index >= 15 is 0 Å². The largest absolute Gasteiger partial charge is 0.496 e. The molecular formula is C25H28FN3O4. The number of methoxy groups -OCH3 is 1. The molecule has 1 aliphatic heterocycles. The third-order valence-electron chi connectivity index (χ3n) is 5.66. The molecular weight excluding hydrogens is 425 g/mol. The highest BCUT2D eigenvalue weighted by molar-refractivity contribution is 5.97. The molecule has 2 heterocycles. The van der Waals surface area contributed by atoms with Crippen molar-refractivity contribution >= 4 is 11.8 Å². The topological polar surface area (TPSA) is 68.0 Å². The first-order valence-corrected chi connectivity index (χ1v) is 11.1. The Morgan fingerprint density at radius 1 is 1.15 bits per heavy atom. The smallest absolute Gasteiger partial charge is 0.257 e. The number of aromatic nitrogens is 1. The van der Waals surface area contributed by atoms with Gasteiger partial charge in [-0.05, 0) is 30.7 Å². The van der Waals surface area contributed by atoms with Crippen molar-refractivity contribution in [3.05, 3.63) is 65.5 Å². The van der Waals surface area contributed by atoms with Crippen LogP contribution in [0.1, 0.15) is 29.3 Å². The van der Waals surface area contributed by atoms with E-state index in [1.807, 2.05) is 24.0 Å². The Balaban J connectivity index is 1.75. The monoisotopic (exact) mass is 453 g/mol. The number of hydrogen-bond donors (Lipinski definition) is 0. The summed E-state index contributed by atoms with van der Waals surface area (Å²) in [5, 5.41) is 4.24. The minimum absolute atomic E-state index is 0.164. The zero-order chi connectivity index (χ0) is 23.2. The van der Waals surface area contributed by atoms with Crippen molar-refractivity contribution in [3.63, 3.8) is 0 Å². The molecule has 1 fully saturated rings. The van der Waals surface area contributed by atoms with Gasteiger partial charge < -0.3 is 23.8 Å². The summed E-state index contributed by atoms with van der Waals surface area (Å²) in [6.45, 7) is 5.14. The molecule has 0 radical (unpaired) electrons. The van der Waals surface area contributed by atoms with E-state index < -0.39 is 5.82 Å². The highest BCUT2D eigenvalue weighted by Crippen LogP contribution is 2.34. The van der Waals surface area contributed by atoms with Crippen LogP contribution in [0.25, 0.3) is 11.3 Å². The Morgan fingerprint density at radius 3 is 2.61 bits per heavy atom. The highest BCUT2D eigenvalue weighted by Gasteiger charge is 2.29. The first kappa shape index (κ1) is 22.8. The Morgan fingerprint density at radius 2 is 1.88 bits per heavy atom. The first-order valence-electron chi connectivity index (χ1n) is 11.1. The zero-order valence-corrected chi connectivity index (χ0v) is 18.9. The van der Waals surface area contributed by atoms with Crippen LogP contribution >= 0.6 is 0 Å². The molecule has 0 spiro atoms. The number of morpholine rings is 1. The van der Waals surface area contributed by atoms with Crippen molar-refractivity contribution in [2.75, 3.05) is 44.9 Å². The molecule has 0 aliphatic carbocycles. The zero-order valence-electron chi connectivity index (χ0n) is 18.9. The van der Waals surface area contributed by atoms with Gasteiger partial charge in [0.25, 0.3) is 5.91 Å². The second-order valence-electron chi connectivity index (χ2n) is 7.82. The van der Waals surface area contributed by atoms with Crippen LogP contribution in [-0.2, 0) is 11.3 Å². The number of halogens is 1. The molecule has 8 heteroatoms. The van der Waals surface area contributed by atoms with Crippen LogP contribution in [-0.4, -0.2) is 55.9 Å². The second kappa shape index (κ2) is 10.5. The molecule has 0 N–H and O–H groups in total. The molecule has 2 aromatic carbocycles. The van der Waals surface area contributed by atoms with E-state index in [0.29, 0.717) is 66.9 Å². The fourth-order valence-electron chi connectivity index (χ4n) is 4.03. The lowest BCUT2D eigenvalue weighted by molar-refractivity contribution is 0.0739. The number of carbonyl (C=O) groups is 1. The van der Waals surface area contributed by atoms with Crippen molar-refractivity contribution in [3.8, 4) is 17.0 Å². The Hall–Kier alpha value is -3.39. The molecule has 1 saturated heterocycles. The van der Waals surface area contributed by atoms with E-state index in [0.717, 1.165) is 6.42 Å². The van der Waals surface area contributed by atoms with Crippen molar-refractivity contribution in [1.29, 1.82) is 0 Å². The number of nitrogens with zero attached hydrogens (tertiary/aromatic N) is 3. The van der Waals surface area contributed by atoms with Crippen molar-refractivity contribution in [1.82, 2.24) is 10.1 Å². The molecule has 0 atom stereocenters. The summed E-state index contributed by atoms with van der Waals surface area (Å²) in [4.78, 5) is 17.3. The number of benzene rings is 2. The Labute approximate surface area is 192 Å². The van der Waals surface area contributed by atoms with E-state index in [1.54, 1.807) is 42.3 Å². The maximum Gasteiger partial charge on any atom is 0.257 e. The summed E-state index contributed by atoms with van der Waals surface area (Å²) in [6, 6.07) is 13.6. The molecule has 0 unspecified atom stereocenters. The lowest BCUT2D eigenvalue weighted by atomic mass is 10.0. The molecule has 1 amide bonds. The summed E-state index contributed by atoms with van der Waals surface area (Å²) in [5.74, 6) is 0.503. The molecule has 1 aromatic heterocycles. The fourth-order valence-corrected chi connectivity index (χ4v) is 4.03. The van der Waals surface area contributed by atoms with Gasteiger partial charge in [0.2, 0.25) is 5.88 Å². The van der Waals surface area contributed by atoms with Crippen LogP contribution in [0.3, 0.4) is 0 Å². The summed E-state index contributed by atoms with van der Waals surface area (Å²) in [6.07, 6.45) is 0.758. The average molecular weight is 454 g/mol. The van der Waals surface area contributed by atoms with Crippen molar-refractivity contribution < 1.29 is 23.2 Å². The van der Waals surface area contributed by atoms with Crippen LogP contribution in [0.4, 0.5) is 10.3 Å². The number of hydrogen-bond acceptors (Lipinski definition) is 6. The van der Waals surface area contributed by atoms with Gasteiger partial charge in [0, 0.05) is 25.2 Å². The normalized spacial score (nSPS) is 13.7. The SMILES string of the molecule is CCCN(Cc1c(-c2ccccc2F)noc1N1CCOCC1)C(=O)c1ccccc1OC. The molecule has 4 rings (SSSR count). The standard InChI is InChI=1S/C25H28FN3O4/c1-3-12-29(24(30)19-9-5-7-11-22(19)31-2)17-20-23(18-8-4-6-10-21(18)26)27-33-25(20)28-13-15-32-16-14-28/h4-11H,3,12-17H2,1-2H3. The molecule has 7 nitrogen and oxygen atoms in total. The van der Waals surface area contributed by atoms with Crippen LogP contribution in [0.15, 0.2) is 53.1 Å². The maximum atomic E-state index is 14.7. The van der Waals surface area contributed by atoms with E-state index in [1.165, 1.54) is 6.07 Å². The van der Waals surface area contributed by atoms with Gasteiger partial charge in [0.15, 0.2) is 0 Å². The predicted octanol–water partition coefficient (Wildman–Crippen LogP) is 4.38. The quantitative estimate of drug-likeness (QED) is 0.504. The third kappa shape index (κ3) is 4.85. The van der Waals surface area contributed by atoms with E-state index in [-0.39, 0.29) is 12.5 Å². The van der Waals surface area contributed by atoms with Gasteiger partial charge in [-0.1, -0.05) is 36.3 Å². The Kier molecular flexibility index (Phi) is 7.24. The summed E-state index contributed by atoms with van der Waals surface area (Å²) < 4.78 is 31.3. The number of rotatable bonds is 8. The summed E-state index contributed by atoms with van der Waals surface area (Å²) in [5.41, 5.74) is 1.91. The summed E-state index contributed by atoms with van der Waals surface area (Å²) >= 11 is 0. The summed E-state index contributed by atoms with van der Waals surface area (Å²) in [7, 11) is 1.54. The number of anilines is 1. The van der Waals surface area contributed by atoms with E-state index in [4.69, 9.17) is 14.0 Å². The number of amides is 1. The number of para-hydroxylation sites is 1. The van der Waals surface area contributed by atoms with Crippen LogP contribution in [0.2, 0.25) is 0 Å². The lowest BCUT2D eigenvalue weighted by Crippen LogP contribution is -2.37. The second-order valence-corrected chi connectivity index (χ2v) is 7.82. The molecule has 174 valence electrons. The average Bonchev–Trinajstić information content (AvgIpc) is 3.27. The van der Waals surface area contributed by atoms with Crippen LogP contribution in [0, 0.1) is 5.82 Å². The molecule has 1 aliphatic rings. The van der Waals surface area contributed by atoms with Crippen molar-refractivity contribution in [2.45, 2.75) is 19.9 Å².